The summed E-state index contributed by atoms with van der Waals surface area (Å²) in [5, 5.41) is 16.4. The van der Waals surface area contributed by atoms with Gasteiger partial charge >= 0.3 is 0 Å². The minimum Gasteiger partial charge on any atom is -0.396 e. The topological polar surface area (TPSA) is 89.0 Å². The average Bonchev–Trinajstić information content (AvgIpc) is 3.24. The highest BCUT2D eigenvalue weighted by Crippen LogP contribution is 2.38. The van der Waals surface area contributed by atoms with Gasteiger partial charge in [0, 0.05) is 42.2 Å². The summed E-state index contributed by atoms with van der Waals surface area (Å²) >= 11 is 1.71. The van der Waals surface area contributed by atoms with E-state index in [1.54, 1.807) is 11.3 Å². The molecule has 6 nitrogen and oxygen atoms in total. The van der Waals surface area contributed by atoms with Crippen molar-refractivity contribution < 1.29 is 5.11 Å². The Bertz CT molecular complexity index is 1040. The lowest BCUT2D eigenvalue weighted by molar-refractivity contribution is 0.292. The molecule has 7 heteroatoms. The molecule has 3 heterocycles. The van der Waals surface area contributed by atoms with Crippen LogP contribution >= 0.6 is 11.3 Å². The van der Waals surface area contributed by atoms with E-state index in [1.165, 1.54) is 4.88 Å². The van der Waals surface area contributed by atoms with Crippen molar-refractivity contribution in [1.82, 2.24) is 14.5 Å². The van der Waals surface area contributed by atoms with E-state index in [2.05, 4.69) is 55.7 Å². The zero-order chi connectivity index (χ0) is 17.4. The molecule has 0 bridgehead atoms. The van der Waals surface area contributed by atoms with E-state index < -0.39 is 0 Å². The number of rotatable bonds is 5. The van der Waals surface area contributed by atoms with Crippen LogP contribution in [0.1, 0.15) is 6.42 Å². The maximum atomic E-state index is 9.03. The highest BCUT2D eigenvalue weighted by atomic mass is 32.1. The van der Waals surface area contributed by atoms with Crippen LogP contribution in [0.25, 0.3) is 32.2 Å². The van der Waals surface area contributed by atoms with E-state index in [1.807, 2.05) is 7.05 Å². The lowest BCUT2D eigenvalue weighted by Crippen LogP contribution is -2.08. The molecule has 0 atom stereocenters. The number of nitrogens with one attached hydrogen (secondary N) is 1. The van der Waals surface area contributed by atoms with Crippen molar-refractivity contribution >= 4 is 44.9 Å². The van der Waals surface area contributed by atoms with Crippen molar-refractivity contribution in [2.24, 2.45) is 7.05 Å². The largest absolute Gasteiger partial charge is 0.396 e. The third-order valence-electron chi connectivity index (χ3n) is 4.25. The molecule has 0 radical (unpaired) electrons. The minimum atomic E-state index is 0.134. The molecule has 0 aliphatic heterocycles. The molecule has 0 saturated carbocycles. The fourth-order valence-electron chi connectivity index (χ4n) is 3.17. The highest BCUT2D eigenvalue weighted by Gasteiger charge is 2.17. The molecule has 4 N–H and O–H groups in total. The first kappa shape index (κ1) is 15.9. The van der Waals surface area contributed by atoms with E-state index in [-0.39, 0.29) is 12.6 Å². The molecule has 0 spiro atoms. The Kier molecular flexibility index (Phi) is 4.03. The number of aliphatic hydroxyl groups is 1. The van der Waals surface area contributed by atoms with Crippen LogP contribution in [0.3, 0.4) is 0 Å². The second kappa shape index (κ2) is 6.34. The smallest absolute Gasteiger partial charge is 0.222 e. The Labute approximate surface area is 148 Å². The summed E-state index contributed by atoms with van der Waals surface area (Å²) in [6.07, 6.45) is 2.70. The van der Waals surface area contributed by atoms with Crippen molar-refractivity contribution in [2.45, 2.75) is 6.42 Å². The number of hydrogen-bond acceptors (Lipinski definition) is 6. The summed E-state index contributed by atoms with van der Waals surface area (Å²) in [6, 6.07) is 8.34. The molecule has 0 aliphatic carbocycles. The predicted octanol–water partition coefficient (Wildman–Crippen LogP) is 3.23. The monoisotopic (exact) mass is 353 g/mol. The van der Waals surface area contributed by atoms with Gasteiger partial charge in [0.25, 0.3) is 0 Å². The normalized spacial score (nSPS) is 11.4. The molecule has 25 heavy (non-hydrogen) atoms. The van der Waals surface area contributed by atoms with Gasteiger partial charge < -0.3 is 20.7 Å². The van der Waals surface area contributed by atoms with Crippen LogP contribution in [-0.2, 0) is 7.05 Å². The number of aryl methyl sites for hydroxylation is 1. The standard InChI is InChI=1S/C18H19N5OS/c1-23-7-5-11-15-13(10-12(16(11)23)14-4-2-9-25-14)21-18(19)22-17(15)20-6-3-8-24/h2,4-5,7,9-10,24H,3,6,8H2,1H3,(H3,19,20,21,22). The lowest BCUT2D eigenvalue weighted by Gasteiger charge is -2.13. The average molecular weight is 353 g/mol. The van der Waals surface area contributed by atoms with Crippen LogP contribution in [0.5, 0.6) is 0 Å². The summed E-state index contributed by atoms with van der Waals surface area (Å²) in [7, 11) is 2.04. The SMILES string of the molecule is Cn1ccc2c3c(NCCCO)nc(N)nc3cc(-c3cccs3)c21. The fourth-order valence-corrected chi connectivity index (χ4v) is 3.91. The predicted molar refractivity (Wildman–Crippen MR) is 104 cm³/mol. The van der Waals surface area contributed by atoms with Gasteiger partial charge in [-0.25, -0.2) is 4.98 Å². The lowest BCUT2D eigenvalue weighted by atomic mass is 10.0. The Morgan fingerprint density at radius 3 is 2.96 bits per heavy atom. The van der Waals surface area contributed by atoms with E-state index in [9.17, 15) is 0 Å². The zero-order valence-electron chi connectivity index (χ0n) is 13.9. The van der Waals surface area contributed by atoms with Gasteiger partial charge in [0.2, 0.25) is 5.95 Å². The van der Waals surface area contributed by atoms with Crippen LogP contribution in [0.4, 0.5) is 11.8 Å². The van der Waals surface area contributed by atoms with Gasteiger partial charge in [-0.3, -0.25) is 0 Å². The minimum absolute atomic E-state index is 0.134. The third kappa shape index (κ3) is 2.71. The molecule has 4 aromatic rings. The van der Waals surface area contributed by atoms with Gasteiger partial charge in [0.05, 0.1) is 16.4 Å². The van der Waals surface area contributed by atoms with Crippen LogP contribution in [0.2, 0.25) is 0 Å². The van der Waals surface area contributed by atoms with Gasteiger partial charge in [-0.2, -0.15) is 4.98 Å². The number of anilines is 2. The van der Waals surface area contributed by atoms with Gasteiger partial charge in [0.15, 0.2) is 0 Å². The van der Waals surface area contributed by atoms with E-state index >= 15 is 0 Å². The van der Waals surface area contributed by atoms with Gasteiger partial charge in [-0.1, -0.05) is 6.07 Å². The molecule has 1 aromatic carbocycles. The maximum Gasteiger partial charge on any atom is 0.222 e. The number of hydrogen-bond donors (Lipinski definition) is 3. The van der Waals surface area contributed by atoms with E-state index in [0.717, 1.165) is 27.4 Å². The summed E-state index contributed by atoms with van der Waals surface area (Å²) in [4.78, 5) is 10.1. The van der Waals surface area contributed by atoms with Crippen molar-refractivity contribution in [3.63, 3.8) is 0 Å². The Morgan fingerprint density at radius 1 is 1.32 bits per heavy atom. The molecule has 0 aliphatic rings. The number of aliphatic hydroxyl groups excluding tert-OH is 1. The Balaban J connectivity index is 2.02. The third-order valence-corrected chi connectivity index (χ3v) is 5.15. The van der Waals surface area contributed by atoms with Crippen molar-refractivity contribution in [2.75, 3.05) is 24.2 Å². The van der Waals surface area contributed by atoms with E-state index in [0.29, 0.717) is 18.8 Å². The number of nitrogen functional groups attached to an aromatic ring is 1. The van der Waals surface area contributed by atoms with Crippen molar-refractivity contribution in [1.29, 1.82) is 0 Å². The molecule has 0 saturated heterocycles. The van der Waals surface area contributed by atoms with Gasteiger partial charge in [0.1, 0.15) is 5.82 Å². The summed E-state index contributed by atoms with van der Waals surface area (Å²) in [5.41, 5.74) is 9.04. The van der Waals surface area contributed by atoms with Crippen LogP contribution in [0.15, 0.2) is 35.8 Å². The number of nitrogens with zero attached hydrogens (tertiary/aromatic N) is 3. The first-order valence-electron chi connectivity index (χ1n) is 8.13. The second-order valence-corrected chi connectivity index (χ2v) is 6.87. The molecular weight excluding hydrogens is 334 g/mol. The summed E-state index contributed by atoms with van der Waals surface area (Å²) in [6.45, 7) is 0.762. The van der Waals surface area contributed by atoms with Crippen molar-refractivity contribution in [3.05, 3.63) is 35.8 Å². The summed E-state index contributed by atoms with van der Waals surface area (Å²) < 4.78 is 2.12. The molecular formula is C18H19N5OS. The number of nitrogens with two attached hydrogens (primary N) is 1. The first-order valence-corrected chi connectivity index (χ1v) is 9.01. The zero-order valence-corrected chi connectivity index (χ0v) is 14.7. The van der Waals surface area contributed by atoms with Crippen LogP contribution in [0, 0.1) is 0 Å². The highest BCUT2D eigenvalue weighted by molar-refractivity contribution is 7.13. The van der Waals surface area contributed by atoms with Crippen LogP contribution in [-0.4, -0.2) is 32.8 Å². The molecule has 3 aromatic heterocycles. The number of thiophene rings is 1. The second-order valence-electron chi connectivity index (χ2n) is 5.92. The Hall–Kier alpha value is -2.64. The van der Waals surface area contributed by atoms with Gasteiger partial charge in [-0.15, -0.1) is 11.3 Å². The number of benzene rings is 1. The van der Waals surface area contributed by atoms with E-state index in [4.69, 9.17) is 10.8 Å². The van der Waals surface area contributed by atoms with Crippen LogP contribution < -0.4 is 11.1 Å². The summed E-state index contributed by atoms with van der Waals surface area (Å²) in [5.74, 6) is 0.955. The molecule has 0 fully saturated rings. The van der Waals surface area contributed by atoms with Gasteiger partial charge in [-0.05, 0) is 30.0 Å². The molecule has 4 rings (SSSR count). The Morgan fingerprint density at radius 2 is 2.20 bits per heavy atom. The quantitative estimate of drug-likeness (QED) is 0.479. The maximum absolute atomic E-state index is 9.03. The molecule has 0 amide bonds. The molecule has 128 valence electrons. The number of aromatic nitrogens is 3. The fraction of sp³-hybridized carbons (Fsp3) is 0.222. The first-order chi connectivity index (χ1) is 12.2. The molecule has 0 unspecified atom stereocenters. The number of fused-ring (bicyclic) bond motifs is 3. The van der Waals surface area contributed by atoms with Crippen molar-refractivity contribution in [3.8, 4) is 10.4 Å².